The van der Waals surface area contributed by atoms with E-state index in [1.54, 1.807) is 6.92 Å². The average Bonchev–Trinajstić information content (AvgIpc) is 2.27. The Morgan fingerprint density at radius 3 is 2.35 bits per heavy atom. The van der Waals surface area contributed by atoms with Crippen LogP contribution in [0.15, 0.2) is 0 Å². The first-order chi connectivity index (χ1) is 7.94. The van der Waals surface area contributed by atoms with E-state index in [1.807, 2.05) is 6.92 Å². The molecule has 0 spiro atoms. The number of hydrogen-bond donors (Lipinski definition) is 2. The third-order valence-corrected chi connectivity index (χ3v) is 5.33. The Balaban J connectivity index is 2.44. The molecule has 1 saturated carbocycles. The fraction of sp³-hybridized carbons (Fsp3) is 1.00. The first-order valence-corrected chi connectivity index (χ1v) is 8.20. The summed E-state index contributed by atoms with van der Waals surface area (Å²) in [6.07, 6.45) is 5.61. The van der Waals surface area contributed by atoms with Crippen molar-refractivity contribution in [3.63, 3.8) is 0 Å². The lowest BCUT2D eigenvalue weighted by atomic mass is 9.91. The first kappa shape index (κ1) is 14.9. The maximum Gasteiger partial charge on any atom is 0.212 e. The van der Waals surface area contributed by atoms with Crippen molar-refractivity contribution >= 4 is 10.0 Å². The van der Waals surface area contributed by atoms with Gasteiger partial charge in [0.25, 0.3) is 0 Å². The standard InChI is InChI=1S/C12H25NO3S/c1-10(8-14)11(2)13-17(15,16)9-12-6-4-3-5-7-12/h10-14H,3-9H2,1-2H3. The van der Waals surface area contributed by atoms with Gasteiger partial charge in [0.2, 0.25) is 10.0 Å². The van der Waals surface area contributed by atoms with Gasteiger partial charge < -0.3 is 5.11 Å². The van der Waals surface area contributed by atoms with Gasteiger partial charge in [-0.05, 0) is 31.6 Å². The summed E-state index contributed by atoms with van der Waals surface area (Å²) in [6.45, 7) is 3.65. The van der Waals surface area contributed by atoms with E-state index in [-0.39, 0.29) is 24.3 Å². The lowest BCUT2D eigenvalue weighted by Gasteiger charge is -2.24. The lowest BCUT2D eigenvalue weighted by molar-refractivity contribution is 0.216. The van der Waals surface area contributed by atoms with Crippen LogP contribution in [0, 0.1) is 11.8 Å². The highest BCUT2D eigenvalue weighted by Gasteiger charge is 2.24. The Morgan fingerprint density at radius 2 is 1.82 bits per heavy atom. The molecule has 0 amide bonds. The summed E-state index contributed by atoms with van der Waals surface area (Å²) in [6, 6.07) is -0.200. The molecule has 1 rings (SSSR count). The van der Waals surface area contributed by atoms with Crippen molar-refractivity contribution in [2.24, 2.45) is 11.8 Å². The summed E-state index contributed by atoms with van der Waals surface area (Å²) in [5.41, 5.74) is 0. The molecule has 2 N–H and O–H groups in total. The highest BCUT2D eigenvalue weighted by atomic mass is 32.2. The molecule has 0 heterocycles. The third-order valence-electron chi connectivity index (χ3n) is 3.69. The van der Waals surface area contributed by atoms with Crippen molar-refractivity contribution in [1.82, 2.24) is 4.72 Å². The van der Waals surface area contributed by atoms with Crippen LogP contribution in [-0.2, 0) is 10.0 Å². The fourth-order valence-corrected chi connectivity index (χ4v) is 4.12. The predicted octanol–water partition coefficient (Wildman–Crippen LogP) is 1.50. The van der Waals surface area contributed by atoms with E-state index in [4.69, 9.17) is 5.11 Å². The van der Waals surface area contributed by atoms with Crippen LogP contribution in [0.2, 0.25) is 0 Å². The van der Waals surface area contributed by atoms with Crippen molar-refractivity contribution < 1.29 is 13.5 Å². The SMILES string of the molecule is CC(CO)C(C)NS(=O)(=O)CC1CCCCC1. The number of hydrogen-bond acceptors (Lipinski definition) is 3. The molecule has 0 bridgehead atoms. The van der Waals surface area contributed by atoms with E-state index in [2.05, 4.69) is 4.72 Å². The van der Waals surface area contributed by atoms with Gasteiger partial charge in [-0.2, -0.15) is 0 Å². The quantitative estimate of drug-likeness (QED) is 0.763. The Kier molecular flexibility index (Phi) is 5.89. The number of sulfonamides is 1. The second-order valence-electron chi connectivity index (χ2n) is 5.35. The van der Waals surface area contributed by atoms with Crippen molar-refractivity contribution in [3.8, 4) is 0 Å². The van der Waals surface area contributed by atoms with Gasteiger partial charge in [-0.3, -0.25) is 0 Å². The van der Waals surface area contributed by atoms with Crippen molar-refractivity contribution in [3.05, 3.63) is 0 Å². The van der Waals surface area contributed by atoms with Gasteiger partial charge in [-0.25, -0.2) is 13.1 Å². The summed E-state index contributed by atoms with van der Waals surface area (Å²) in [5.74, 6) is 0.518. The summed E-state index contributed by atoms with van der Waals surface area (Å²) in [5, 5.41) is 8.99. The van der Waals surface area contributed by atoms with Crippen LogP contribution in [0.3, 0.4) is 0 Å². The molecule has 0 aromatic heterocycles. The molecule has 2 unspecified atom stereocenters. The molecule has 0 radical (unpaired) electrons. The highest BCUT2D eigenvalue weighted by Crippen LogP contribution is 2.24. The second kappa shape index (κ2) is 6.71. The van der Waals surface area contributed by atoms with Crippen LogP contribution >= 0.6 is 0 Å². The third kappa shape index (κ3) is 5.36. The summed E-state index contributed by atoms with van der Waals surface area (Å²) < 4.78 is 26.5. The molecule has 1 aliphatic carbocycles. The van der Waals surface area contributed by atoms with E-state index in [0.29, 0.717) is 5.92 Å². The van der Waals surface area contributed by atoms with Crippen molar-refractivity contribution in [2.75, 3.05) is 12.4 Å². The van der Waals surface area contributed by atoms with Crippen molar-refractivity contribution in [2.45, 2.75) is 52.0 Å². The van der Waals surface area contributed by atoms with Gasteiger partial charge >= 0.3 is 0 Å². The molecule has 1 fully saturated rings. The van der Waals surface area contributed by atoms with Crippen LogP contribution in [0.4, 0.5) is 0 Å². The van der Waals surface area contributed by atoms with Crippen LogP contribution in [0.1, 0.15) is 46.0 Å². The highest BCUT2D eigenvalue weighted by molar-refractivity contribution is 7.89. The minimum Gasteiger partial charge on any atom is -0.396 e. The number of rotatable bonds is 6. The van der Waals surface area contributed by atoms with E-state index in [9.17, 15) is 8.42 Å². The zero-order chi connectivity index (χ0) is 12.9. The lowest BCUT2D eigenvalue weighted by Crippen LogP contribution is -2.41. The fourth-order valence-electron chi connectivity index (χ4n) is 2.27. The molecule has 0 aliphatic heterocycles. The molecule has 4 nitrogen and oxygen atoms in total. The molecule has 0 aromatic rings. The zero-order valence-electron chi connectivity index (χ0n) is 10.9. The molecule has 2 atom stereocenters. The van der Waals surface area contributed by atoms with Gasteiger partial charge in [0.15, 0.2) is 0 Å². The predicted molar refractivity (Wildman–Crippen MR) is 69.2 cm³/mol. The second-order valence-corrected chi connectivity index (χ2v) is 7.15. The molecular formula is C12H25NO3S. The number of nitrogens with one attached hydrogen (secondary N) is 1. The van der Waals surface area contributed by atoms with Gasteiger partial charge in [0.05, 0.1) is 5.75 Å². The number of aliphatic hydroxyl groups is 1. The molecular weight excluding hydrogens is 238 g/mol. The van der Waals surface area contributed by atoms with Crippen molar-refractivity contribution in [1.29, 1.82) is 0 Å². The van der Waals surface area contributed by atoms with Gasteiger partial charge in [-0.1, -0.05) is 26.2 Å². The van der Waals surface area contributed by atoms with Gasteiger partial charge in [-0.15, -0.1) is 0 Å². The monoisotopic (exact) mass is 263 g/mol. The maximum absolute atomic E-state index is 11.9. The Bertz CT molecular complexity index is 300. The van der Waals surface area contributed by atoms with E-state index < -0.39 is 10.0 Å². The number of aliphatic hydroxyl groups excluding tert-OH is 1. The van der Waals surface area contributed by atoms with E-state index in [0.717, 1.165) is 25.7 Å². The minimum absolute atomic E-state index is 0.00706. The Hall–Kier alpha value is -0.130. The van der Waals surface area contributed by atoms with Gasteiger partial charge in [0.1, 0.15) is 0 Å². The molecule has 1 aliphatic rings. The van der Waals surface area contributed by atoms with Gasteiger partial charge in [0, 0.05) is 12.6 Å². The van der Waals surface area contributed by atoms with Crippen LogP contribution in [0.25, 0.3) is 0 Å². The van der Waals surface area contributed by atoms with E-state index >= 15 is 0 Å². The van der Waals surface area contributed by atoms with Crippen LogP contribution < -0.4 is 4.72 Å². The minimum atomic E-state index is -3.20. The normalized spacial score (nSPS) is 22.3. The average molecular weight is 263 g/mol. The molecule has 5 heteroatoms. The van der Waals surface area contributed by atoms with Crippen LogP contribution in [0.5, 0.6) is 0 Å². The summed E-state index contributed by atoms with van der Waals surface area (Å²) >= 11 is 0. The molecule has 17 heavy (non-hydrogen) atoms. The Morgan fingerprint density at radius 1 is 1.24 bits per heavy atom. The molecule has 0 saturated heterocycles. The Labute approximate surface area is 105 Å². The topological polar surface area (TPSA) is 66.4 Å². The largest absolute Gasteiger partial charge is 0.396 e. The zero-order valence-corrected chi connectivity index (χ0v) is 11.7. The smallest absolute Gasteiger partial charge is 0.212 e. The molecule has 102 valence electrons. The molecule has 0 aromatic carbocycles. The summed E-state index contributed by atoms with van der Waals surface area (Å²) in [7, 11) is -3.20. The van der Waals surface area contributed by atoms with E-state index in [1.165, 1.54) is 6.42 Å². The van der Waals surface area contributed by atoms with Crippen LogP contribution in [-0.4, -0.2) is 31.9 Å². The first-order valence-electron chi connectivity index (χ1n) is 6.55. The maximum atomic E-state index is 11.9. The summed E-state index contributed by atoms with van der Waals surface area (Å²) in [4.78, 5) is 0.